The minimum atomic E-state index is -1.00. The van der Waals surface area contributed by atoms with Crippen LogP contribution in [0.2, 0.25) is 0 Å². The molecule has 0 unspecified atom stereocenters. The van der Waals surface area contributed by atoms with Crippen LogP contribution in [0.25, 0.3) is 0 Å². The van der Waals surface area contributed by atoms with Crippen LogP contribution >= 0.6 is 0 Å². The lowest BCUT2D eigenvalue weighted by molar-refractivity contribution is -0.114. The van der Waals surface area contributed by atoms with Crippen molar-refractivity contribution in [2.45, 2.75) is 0 Å². The zero-order chi connectivity index (χ0) is 7.56. The summed E-state index contributed by atoms with van der Waals surface area (Å²) in [5.74, 6) is -1.83. The first-order valence-electron chi connectivity index (χ1n) is 2.59. The molecule has 0 saturated carbocycles. The van der Waals surface area contributed by atoms with Crippen molar-refractivity contribution in [1.82, 2.24) is 0 Å². The minimum absolute atomic E-state index is 0.0208. The molecule has 0 aliphatic rings. The molecule has 1 aromatic heterocycles. The highest BCUT2D eigenvalue weighted by molar-refractivity contribution is 6.41. The smallest absolute Gasteiger partial charge is 0.293 e. The lowest BCUT2D eigenvalue weighted by atomic mass is 10.3. The van der Waals surface area contributed by atoms with Gasteiger partial charge in [0, 0.05) is 0 Å². The molecule has 2 N–H and O–H groups in total. The van der Waals surface area contributed by atoms with Crippen molar-refractivity contribution < 1.29 is 14.0 Å². The molecule has 1 heterocycles. The summed E-state index contributed by atoms with van der Waals surface area (Å²) in [7, 11) is 0. The number of Topliss-reactive ketones (excluding diaryl/α,β-unsaturated/α-hetero) is 1. The second-order valence-electron chi connectivity index (χ2n) is 1.67. The van der Waals surface area contributed by atoms with Crippen LogP contribution in [0.1, 0.15) is 10.6 Å². The van der Waals surface area contributed by atoms with Crippen LogP contribution in [0.15, 0.2) is 22.8 Å². The number of hydrogen-bond acceptors (Lipinski definition) is 3. The molecular weight excluding hydrogens is 134 g/mol. The number of nitrogens with two attached hydrogens (primary N) is 1. The third kappa shape index (κ3) is 1.05. The molecule has 0 spiro atoms. The third-order valence-electron chi connectivity index (χ3n) is 0.969. The van der Waals surface area contributed by atoms with Gasteiger partial charge in [0.15, 0.2) is 5.76 Å². The van der Waals surface area contributed by atoms with Gasteiger partial charge in [-0.1, -0.05) is 0 Å². The number of carbonyl (C=O) groups is 2. The molecule has 0 aliphatic carbocycles. The van der Waals surface area contributed by atoms with Gasteiger partial charge in [-0.25, -0.2) is 0 Å². The van der Waals surface area contributed by atoms with Gasteiger partial charge < -0.3 is 10.2 Å². The van der Waals surface area contributed by atoms with Gasteiger partial charge in [0.2, 0.25) is 0 Å². The Morgan fingerprint density at radius 2 is 2.20 bits per heavy atom. The topological polar surface area (TPSA) is 73.3 Å². The Labute approximate surface area is 56.6 Å². The molecule has 0 atom stereocenters. The van der Waals surface area contributed by atoms with Crippen molar-refractivity contribution in [3.63, 3.8) is 0 Å². The summed E-state index contributed by atoms with van der Waals surface area (Å²) in [5, 5.41) is 0. The molecule has 1 amide bonds. The van der Waals surface area contributed by atoms with Crippen LogP contribution in [0, 0.1) is 0 Å². The molecule has 1 aromatic rings. The quantitative estimate of drug-likeness (QED) is 0.461. The molecule has 0 aromatic carbocycles. The van der Waals surface area contributed by atoms with Crippen LogP contribution < -0.4 is 5.73 Å². The molecule has 0 fully saturated rings. The average Bonchev–Trinajstić information content (AvgIpc) is 2.36. The fraction of sp³-hybridized carbons (Fsp3) is 0. The molecule has 4 heteroatoms. The lowest BCUT2D eigenvalue weighted by Crippen LogP contribution is -2.22. The molecular formula is C6H5NO3. The van der Waals surface area contributed by atoms with Gasteiger partial charge in [0.05, 0.1) is 6.26 Å². The van der Waals surface area contributed by atoms with Crippen molar-refractivity contribution in [1.29, 1.82) is 0 Å². The number of carbonyl (C=O) groups excluding carboxylic acids is 2. The fourth-order valence-corrected chi connectivity index (χ4v) is 0.529. The summed E-state index contributed by atoms with van der Waals surface area (Å²) >= 11 is 0. The van der Waals surface area contributed by atoms with E-state index in [9.17, 15) is 9.59 Å². The van der Waals surface area contributed by atoms with E-state index in [1.54, 1.807) is 0 Å². The standard InChI is InChI=1S/C6H5NO3/c7-6(9)5(8)4-2-1-3-10-4/h1-3H,(H2,7,9). The van der Waals surface area contributed by atoms with Gasteiger partial charge in [-0.15, -0.1) is 0 Å². The van der Waals surface area contributed by atoms with E-state index < -0.39 is 11.7 Å². The monoisotopic (exact) mass is 139 g/mol. The first-order valence-corrected chi connectivity index (χ1v) is 2.59. The maximum atomic E-state index is 10.6. The minimum Gasteiger partial charge on any atom is -0.461 e. The fourth-order valence-electron chi connectivity index (χ4n) is 0.529. The molecule has 52 valence electrons. The van der Waals surface area contributed by atoms with E-state index in [4.69, 9.17) is 0 Å². The number of furan rings is 1. The Hall–Kier alpha value is -1.58. The van der Waals surface area contributed by atoms with E-state index in [1.807, 2.05) is 0 Å². The molecule has 10 heavy (non-hydrogen) atoms. The molecule has 0 bridgehead atoms. The van der Waals surface area contributed by atoms with Gasteiger partial charge in [0.25, 0.3) is 11.7 Å². The van der Waals surface area contributed by atoms with E-state index in [1.165, 1.54) is 18.4 Å². The lowest BCUT2D eigenvalue weighted by Gasteiger charge is -1.86. The maximum Gasteiger partial charge on any atom is 0.293 e. The van der Waals surface area contributed by atoms with Crippen molar-refractivity contribution in [3.8, 4) is 0 Å². The maximum absolute atomic E-state index is 10.6. The van der Waals surface area contributed by atoms with Crippen molar-refractivity contribution in [2.24, 2.45) is 5.73 Å². The molecule has 1 rings (SSSR count). The largest absolute Gasteiger partial charge is 0.461 e. The van der Waals surface area contributed by atoms with Crippen LogP contribution in [-0.4, -0.2) is 11.7 Å². The second kappa shape index (κ2) is 2.34. The first kappa shape index (κ1) is 6.54. The van der Waals surface area contributed by atoms with Crippen molar-refractivity contribution in [2.75, 3.05) is 0 Å². The molecule has 4 nitrogen and oxygen atoms in total. The van der Waals surface area contributed by atoms with Gasteiger partial charge in [-0.3, -0.25) is 9.59 Å². The number of primary amides is 1. The number of amides is 1. The van der Waals surface area contributed by atoms with Gasteiger partial charge in [-0.05, 0) is 12.1 Å². The highest BCUT2D eigenvalue weighted by atomic mass is 16.3. The first-order chi connectivity index (χ1) is 4.72. The Morgan fingerprint density at radius 1 is 1.50 bits per heavy atom. The van der Waals surface area contributed by atoms with Gasteiger partial charge >= 0.3 is 0 Å². The summed E-state index contributed by atoms with van der Waals surface area (Å²) in [6, 6.07) is 2.89. The molecule has 0 radical (unpaired) electrons. The second-order valence-corrected chi connectivity index (χ2v) is 1.67. The van der Waals surface area contributed by atoms with Crippen LogP contribution in [-0.2, 0) is 4.79 Å². The average molecular weight is 139 g/mol. The Kier molecular flexibility index (Phi) is 1.53. The highest BCUT2D eigenvalue weighted by Gasteiger charge is 2.13. The number of hydrogen-bond donors (Lipinski definition) is 1. The van der Waals surface area contributed by atoms with Gasteiger partial charge in [-0.2, -0.15) is 0 Å². The Bertz CT molecular complexity index is 250. The normalized spacial score (nSPS) is 9.20. The number of rotatable bonds is 2. The molecule has 0 aliphatic heterocycles. The van der Waals surface area contributed by atoms with Crippen LogP contribution in [0.5, 0.6) is 0 Å². The zero-order valence-electron chi connectivity index (χ0n) is 5.03. The zero-order valence-corrected chi connectivity index (χ0v) is 5.03. The van der Waals surface area contributed by atoms with E-state index in [2.05, 4.69) is 10.2 Å². The van der Waals surface area contributed by atoms with E-state index >= 15 is 0 Å². The summed E-state index contributed by atoms with van der Waals surface area (Å²) in [6.07, 6.45) is 1.30. The summed E-state index contributed by atoms with van der Waals surface area (Å²) in [5.41, 5.74) is 4.68. The van der Waals surface area contributed by atoms with Crippen LogP contribution in [0.4, 0.5) is 0 Å². The van der Waals surface area contributed by atoms with E-state index in [0.717, 1.165) is 0 Å². The molecule has 0 saturated heterocycles. The number of ketones is 1. The predicted octanol–water partition coefficient (Wildman–Crippen LogP) is -0.0524. The highest BCUT2D eigenvalue weighted by Crippen LogP contribution is 1.99. The van der Waals surface area contributed by atoms with E-state index in [0.29, 0.717) is 0 Å². The Balaban J connectivity index is 2.88. The summed E-state index contributed by atoms with van der Waals surface area (Å²) < 4.78 is 4.61. The van der Waals surface area contributed by atoms with Crippen molar-refractivity contribution >= 4 is 11.7 Å². The van der Waals surface area contributed by atoms with Crippen LogP contribution in [0.3, 0.4) is 0 Å². The third-order valence-corrected chi connectivity index (χ3v) is 0.969. The van der Waals surface area contributed by atoms with Crippen molar-refractivity contribution in [3.05, 3.63) is 24.2 Å². The van der Waals surface area contributed by atoms with Gasteiger partial charge in [0.1, 0.15) is 0 Å². The SMILES string of the molecule is NC(=O)C(=O)c1ccco1. The summed E-state index contributed by atoms with van der Waals surface area (Å²) in [6.45, 7) is 0. The predicted molar refractivity (Wildman–Crippen MR) is 32.2 cm³/mol. The van der Waals surface area contributed by atoms with E-state index in [-0.39, 0.29) is 5.76 Å². The Morgan fingerprint density at radius 3 is 2.60 bits per heavy atom. The summed E-state index contributed by atoms with van der Waals surface area (Å²) in [4.78, 5) is 20.8.